The van der Waals surface area contributed by atoms with E-state index in [1.54, 1.807) is 0 Å². The molecule has 5 nitrogen and oxygen atoms in total. The first-order chi connectivity index (χ1) is 24.3. The van der Waals surface area contributed by atoms with Crippen LogP contribution in [-0.4, -0.2) is 33.5 Å². The number of hydrogen-bond acceptors (Lipinski definition) is 4. The van der Waals surface area contributed by atoms with Crippen molar-refractivity contribution in [2.45, 2.75) is 38.5 Å². The molecule has 0 amide bonds. The first-order valence-electron chi connectivity index (χ1n) is 17.3. The van der Waals surface area contributed by atoms with Crippen molar-refractivity contribution in [2.75, 3.05) is 11.9 Å². The zero-order valence-corrected chi connectivity index (χ0v) is 29.2. The maximum Gasteiger partial charge on any atom is 0.417 e. The number of aromatic nitrogens is 4. The van der Waals surface area contributed by atoms with Crippen molar-refractivity contribution < 1.29 is 0 Å². The molecule has 0 spiro atoms. The van der Waals surface area contributed by atoms with E-state index in [-0.39, 0.29) is 6.98 Å². The first kappa shape index (κ1) is 31.5. The molecule has 0 saturated heterocycles. The monoisotopic (exact) mass is 649 g/mol. The number of pyridine rings is 2. The average Bonchev–Trinajstić information content (AvgIpc) is 3.62. The van der Waals surface area contributed by atoms with Gasteiger partial charge in [0.15, 0.2) is 0 Å². The number of rotatable bonds is 7. The Morgan fingerprint density at radius 2 is 1.12 bits per heavy atom. The highest BCUT2D eigenvalue weighted by Crippen LogP contribution is 2.45. The highest BCUT2D eigenvalue weighted by atomic mass is 15.2. The third kappa shape index (κ3) is 4.89. The molecule has 8 rings (SSSR count). The predicted molar refractivity (Wildman–Crippen MR) is 205 cm³/mol. The zero-order valence-electron chi connectivity index (χ0n) is 29.2. The molecule has 4 heterocycles. The van der Waals surface area contributed by atoms with E-state index in [2.05, 4.69) is 172 Å². The summed E-state index contributed by atoms with van der Waals surface area (Å²) in [5, 5.41) is 0. The molecule has 7 aromatic rings. The Kier molecular flexibility index (Phi) is 7.75. The maximum absolute atomic E-state index is 5.64. The van der Waals surface area contributed by atoms with Gasteiger partial charge in [0, 0.05) is 29.8 Å². The Hall–Kier alpha value is -5.75. The summed E-state index contributed by atoms with van der Waals surface area (Å²) in [6.07, 6.45) is 6.04. The Bertz CT molecular complexity index is 2190. The van der Waals surface area contributed by atoms with Crippen molar-refractivity contribution in [3.63, 3.8) is 0 Å². The maximum atomic E-state index is 5.64. The lowest BCUT2D eigenvalue weighted by atomic mass is 9.60. The minimum Gasteiger partial charge on any atom is -0.394 e. The minimum absolute atomic E-state index is 0.0918. The number of benzene rings is 4. The summed E-state index contributed by atoms with van der Waals surface area (Å²) in [5.41, 5.74) is 11.3. The van der Waals surface area contributed by atoms with Crippen LogP contribution in [0.4, 0.5) is 5.69 Å². The summed E-state index contributed by atoms with van der Waals surface area (Å²) >= 11 is 0. The standard InChI is InChI=1S/C44H40BN5/c1-31-17-16-18-32(2)41(31)45-49(5)37-26-25-35(43(3,33-19-8-6-9-20-33)38-23-12-14-27-46-38)29-36(37)42-48-40(30-50(42)45)44(4,34-21-10-7-11-22-34)39-24-13-15-28-47-39/h6-30H,1-5H3/t43?,44-/m1/s1. The Morgan fingerprint density at radius 1 is 0.560 bits per heavy atom. The van der Waals surface area contributed by atoms with E-state index >= 15 is 0 Å². The summed E-state index contributed by atoms with van der Waals surface area (Å²) in [4.78, 5) is 17.9. The molecule has 0 bridgehead atoms. The molecular formula is C44H40BN5. The molecule has 3 aromatic heterocycles. The van der Waals surface area contributed by atoms with Crippen molar-refractivity contribution in [2.24, 2.45) is 0 Å². The van der Waals surface area contributed by atoms with E-state index in [4.69, 9.17) is 15.0 Å². The number of aryl methyl sites for hydroxylation is 2. The fourth-order valence-corrected chi connectivity index (χ4v) is 7.99. The molecule has 0 saturated carbocycles. The highest BCUT2D eigenvalue weighted by molar-refractivity contribution is 6.77. The molecule has 0 aliphatic carbocycles. The Balaban J connectivity index is 1.41. The smallest absolute Gasteiger partial charge is 0.394 e. The topological polar surface area (TPSA) is 46.8 Å². The van der Waals surface area contributed by atoms with Crippen LogP contribution in [0.15, 0.2) is 152 Å². The molecule has 4 aromatic carbocycles. The summed E-state index contributed by atoms with van der Waals surface area (Å²) < 4.78 is 2.39. The van der Waals surface area contributed by atoms with Gasteiger partial charge in [0.05, 0.1) is 27.9 Å². The van der Waals surface area contributed by atoms with Gasteiger partial charge in [-0.3, -0.25) is 9.97 Å². The molecule has 1 unspecified atom stereocenters. The zero-order chi connectivity index (χ0) is 34.5. The van der Waals surface area contributed by atoms with Crippen LogP contribution >= 0.6 is 0 Å². The SMILES string of the molecule is Cc1cccc(C)c1B1N(C)c2ccc(C(C)(c3ccccc3)c3ccccn3)cc2-c2nc([C@](C)(c3ccccc3)c3ccccn3)cn21. The van der Waals surface area contributed by atoms with Gasteiger partial charge in [-0.25, -0.2) is 4.98 Å². The number of imidazole rings is 1. The fourth-order valence-electron chi connectivity index (χ4n) is 7.99. The van der Waals surface area contributed by atoms with E-state index < -0.39 is 10.8 Å². The van der Waals surface area contributed by atoms with Crippen LogP contribution in [0.5, 0.6) is 0 Å². The Labute approximate surface area is 295 Å². The molecule has 0 N–H and O–H groups in total. The van der Waals surface area contributed by atoms with Crippen molar-refractivity contribution >= 4 is 18.1 Å². The molecular weight excluding hydrogens is 609 g/mol. The van der Waals surface area contributed by atoms with Crippen LogP contribution < -0.4 is 10.3 Å². The van der Waals surface area contributed by atoms with Gasteiger partial charge in [0.2, 0.25) is 0 Å². The third-order valence-corrected chi connectivity index (χ3v) is 10.9. The quantitative estimate of drug-likeness (QED) is 0.163. The summed E-state index contributed by atoms with van der Waals surface area (Å²) in [5.74, 6) is 0.942. The minimum atomic E-state index is -0.596. The van der Waals surface area contributed by atoms with E-state index in [0.717, 1.165) is 45.3 Å². The molecule has 2 atom stereocenters. The number of fused-ring (bicyclic) bond motifs is 3. The predicted octanol–water partition coefficient (Wildman–Crippen LogP) is 8.36. The summed E-state index contributed by atoms with van der Waals surface area (Å²) in [6.45, 7) is 8.87. The van der Waals surface area contributed by atoms with E-state index in [9.17, 15) is 0 Å². The van der Waals surface area contributed by atoms with E-state index in [1.807, 2.05) is 24.5 Å². The van der Waals surface area contributed by atoms with Crippen molar-refractivity contribution in [1.29, 1.82) is 0 Å². The van der Waals surface area contributed by atoms with Gasteiger partial charge in [-0.15, -0.1) is 0 Å². The molecule has 0 radical (unpaired) electrons. The van der Waals surface area contributed by atoms with Gasteiger partial charge in [-0.2, -0.15) is 0 Å². The average molecular weight is 650 g/mol. The van der Waals surface area contributed by atoms with Crippen LogP contribution in [0.1, 0.15) is 58.7 Å². The van der Waals surface area contributed by atoms with Crippen molar-refractivity contribution in [3.05, 3.63) is 197 Å². The van der Waals surface area contributed by atoms with Crippen LogP contribution in [0.3, 0.4) is 0 Å². The second kappa shape index (κ2) is 12.3. The van der Waals surface area contributed by atoms with Crippen LogP contribution in [0.2, 0.25) is 0 Å². The third-order valence-electron chi connectivity index (χ3n) is 10.9. The Morgan fingerprint density at radius 3 is 1.70 bits per heavy atom. The van der Waals surface area contributed by atoms with Gasteiger partial charge in [-0.05, 0) is 93.3 Å². The van der Waals surface area contributed by atoms with Crippen LogP contribution in [0, 0.1) is 13.8 Å². The second-order valence-electron chi connectivity index (χ2n) is 13.8. The van der Waals surface area contributed by atoms with E-state index in [1.165, 1.54) is 22.2 Å². The molecule has 1 aliphatic heterocycles. The van der Waals surface area contributed by atoms with Gasteiger partial charge in [0.25, 0.3) is 0 Å². The molecule has 0 fully saturated rings. The van der Waals surface area contributed by atoms with Crippen molar-refractivity contribution in [1.82, 2.24) is 19.4 Å². The molecule has 6 heteroatoms. The van der Waals surface area contributed by atoms with Gasteiger partial charge >= 0.3 is 6.98 Å². The molecule has 1 aliphatic rings. The highest BCUT2D eigenvalue weighted by Gasteiger charge is 2.43. The van der Waals surface area contributed by atoms with Gasteiger partial charge in [-0.1, -0.05) is 108 Å². The lowest BCUT2D eigenvalue weighted by molar-refractivity contribution is 0.645. The van der Waals surface area contributed by atoms with Gasteiger partial charge in [0.1, 0.15) is 5.82 Å². The first-order valence-corrected chi connectivity index (χ1v) is 17.3. The summed E-state index contributed by atoms with van der Waals surface area (Å²) in [6, 6.07) is 47.2. The van der Waals surface area contributed by atoms with E-state index in [0.29, 0.717) is 0 Å². The molecule has 50 heavy (non-hydrogen) atoms. The lowest BCUT2D eigenvalue weighted by Crippen LogP contribution is -2.56. The number of nitrogens with zero attached hydrogens (tertiary/aromatic N) is 5. The number of anilines is 1. The second-order valence-corrected chi connectivity index (χ2v) is 13.8. The van der Waals surface area contributed by atoms with Crippen LogP contribution in [-0.2, 0) is 10.8 Å². The van der Waals surface area contributed by atoms with Crippen LogP contribution in [0.25, 0.3) is 11.4 Å². The van der Waals surface area contributed by atoms with Crippen molar-refractivity contribution in [3.8, 4) is 11.4 Å². The largest absolute Gasteiger partial charge is 0.417 e. The molecule has 244 valence electrons. The lowest BCUT2D eigenvalue weighted by Gasteiger charge is -2.38. The normalized spacial score (nSPS) is 14.7. The van der Waals surface area contributed by atoms with Gasteiger partial charge < -0.3 is 9.29 Å². The summed E-state index contributed by atoms with van der Waals surface area (Å²) in [7, 11) is 2.21. The fraction of sp³-hybridized carbons (Fsp3) is 0.159. The number of hydrogen-bond donors (Lipinski definition) is 0.